The average Bonchev–Trinajstić information content (AvgIpc) is 3.18. The number of alkyl carbamates (subject to hydrolysis) is 1. The van der Waals surface area contributed by atoms with E-state index in [0.29, 0.717) is 0 Å². The van der Waals surface area contributed by atoms with E-state index in [0.717, 1.165) is 27.8 Å². The van der Waals surface area contributed by atoms with Gasteiger partial charge in [-0.2, -0.15) is 0 Å². The number of rotatable bonds is 9. The van der Waals surface area contributed by atoms with Gasteiger partial charge >= 0.3 is 12.1 Å². The van der Waals surface area contributed by atoms with Crippen LogP contribution in [-0.2, 0) is 25.7 Å². The van der Waals surface area contributed by atoms with E-state index in [1.807, 2.05) is 78.9 Å². The van der Waals surface area contributed by atoms with Crippen LogP contribution in [0.15, 0.2) is 78.9 Å². The van der Waals surface area contributed by atoms with E-state index in [9.17, 15) is 19.5 Å². The van der Waals surface area contributed by atoms with Crippen LogP contribution in [-0.4, -0.2) is 30.7 Å². The van der Waals surface area contributed by atoms with Crippen LogP contribution in [0.1, 0.15) is 35.4 Å². The summed E-state index contributed by atoms with van der Waals surface area (Å²) in [5.74, 6) is -2.21. The van der Waals surface area contributed by atoms with Crippen LogP contribution in [0.2, 0.25) is 0 Å². The number of aliphatic carboxylic acids is 1. The van der Waals surface area contributed by atoms with Gasteiger partial charge in [0.25, 0.3) is 0 Å². The second kappa shape index (κ2) is 10.7. The van der Waals surface area contributed by atoms with Gasteiger partial charge < -0.3 is 24.7 Å². The van der Waals surface area contributed by atoms with E-state index in [2.05, 4.69) is 5.32 Å². The number of carbonyl (C=O) groups excluding carboxylic acids is 3. The summed E-state index contributed by atoms with van der Waals surface area (Å²) in [6.45, 7) is 0.147. The van der Waals surface area contributed by atoms with Crippen LogP contribution in [0.3, 0.4) is 0 Å². The molecule has 0 saturated carbocycles. The topological polar surface area (TPSA) is 105 Å². The molecular weight excluding hydrogens is 434 g/mol. The van der Waals surface area contributed by atoms with Gasteiger partial charge in [-0.05, 0) is 34.2 Å². The van der Waals surface area contributed by atoms with Crippen molar-refractivity contribution in [2.24, 2.45) is 0 Å². The van der Waals surface area contributed by atoms with Crippen LogP contribution in [0.5, 0.6) is 0 Å². The minimum absolute atomic E-state index is 0.0543. The minimum atomic E-state index is -1.50. The van der Waals surface area contributed by atoms with Crippen molar-refractivity contribution in [2.45, 2.75) is 31.4 Å². The first-order chi connectivity index (χ1) is 16.5. The molecule has 0 unspecified atom stereocenters. The third kappa shape index (κ3) is 5.43. The van der Waals surface area contributed by atoms with Crippen molar-refractivity contribution in [1.82, 2.24) is 5.32 Å². The lowest BCUT2D eigenvalue weighted by molar-refractivity contribution is -0.308. The molecule has 3 aromatic rings. The molecule has 0 spiro atoms. The standard InChI is InChI=1S/C27H25NO6/c29-25(33-16-18-8-2-1-3-9-18)15-14-24(26(30)31)28-27(32)34-17-23-21-12-6-4-10-19(21)20-11-5-7-13-22(20)23/h1-13,23-24H,14-17H2,(H,28,32)(H,30,31)/p-1/t24-/m0/s1. The molecule has 7 nitrogen and oxygen atoms in total. The number of hydrogen-bond donors (Lipinski definition) is 1. The maximum absolute atomic E-state index is 12.4. The molecule has 1 N–H and O–H groups in total. The summed E-state index contributed by atoms with van der Waals surface area (Å²) in [6, 6.07) is 23.6. The Morgan fingerprint density at radius 2 is 1.41 bits per heavy atom. The fourth-order valence-electron chi connectivity index (χ4n) is 4.10. The molecule has 4 rings (SSSR count). The number of hydrogen-bond acceptors (Lipinski definition) is 6. The molecule has 0 radical (unpaired) electrons. The first kappa shape index (κ1) is 23.0. The molecule has 1 aliphatic carbocycles. The molecule has 0 aromatic heterocycles. The lowest BCUT2D eigenvalue weighted by atomic mass is 9.98. The van der Waals surface area contributed by atoms with E-state index in [1.165, 1.54) is 0 Å². The zero-order valence-corrected chi connectivity index (χ0v) is 18.4. The van der Waals surface area contributed by atoms with E-state index in [1.54, 1.807) is 0 Å². The monoisotopic (exact) mass is 458 g/mol. The third-order valence-electron chi connectivity index (χ3n) is 5.80. The molecule has 0 aliphatic heterocycles. The number of esters is 1. The van der Waals surface area contributed by atoms with Crippen LogP contribution in [0.25, 0.3) is 11.1 Å². The largest absolute Gasteiger partial charge is 0.548 e. The smallest absolute Gasteiger partial charge is 0.407 e. The zero-order chi connectivity index (χ0) is 23.9. The predicted molar refractivity (Wildman–Crippen MR) is 122 cm³/mol. The number of carboxylic acid groups (broad SMARTS) is 1. The molecule has 7 heteroatoms. The number of fused-ring (bicyclic) bond motifs is 3. The van der Waals surface area contributed by atoms with Crippen molar-refractivity contribution in [3.05, 3.63) is 95.6 Å². The van der Waals surface area contributed by atoms with Gasteiger partial charge in [0, 0.05) is 12.3 Å². The highest BCUT2D eigenvalue weighted by molar-refractivity contribution is 5.81. The Hall–Kier alpha value is -4.13. The van der Waals surface area contributed by atoms with E-state index >= 15 is 0 Å². The number of nitrogens with one attached hydrogen (secondary N) is 1. The normalized spacial score (nSPS) is 12.8. The molecule has 1 aliphatic rings. The van der Waals surface area contributed by atoms with E-state index < -0.39 is 24.1 Å². The first-order valence-electron chi connectivity index (χ1n) is 11.0. The lowest BCUT2D eigenvalue weighted by Gasteiger charge is -2.20. The van der Waals surface area contributed by atoms with Gasteiger partial charge in [0.05, 0.1) is 12.0 Å². The highest BCUT2D eigenvalue weighted by Gasteiger charge is 2.29. The Bertz CT molecular complexity index is 1130. The van der Waals surface area contributed by atoms with Crippen LogP contribution >= 0.6 is 0 Å². The Balaban J connectivity index is 1.29. The Morgan fingerprint density at radius 3 is 2.03 bits per heavy atom. The van der Waals surface area contributed by atoms with Crippen molar-refractivity contribution in [2.75, 3.05) is 6.61 Å². The van der Waals surface area contributed by atoms with Gasteiger partial charge in [0.2, 0.25) is 0 Å². The molecule has 3 aromatic carbocycles. The molecule has 174 valence electrons. The van der Waals surface area contributed by atoms with Crippen molar-refractivity contribution in [1.29, 1.82) is 0 Å². The fraction of sp³-hybridized carbons (Fsp3) is 0.222. The van der Waals surface area contributed by atoms with Gasteiger partial charge in [-0.15, -0.1) is 0 Å². The predicted octanol–water partition coefficient (Wildman–Crippen LogP) is 3.17. The number of carbonyl (C=O) groups is 3. The molecule has 1 amide bonds. The van der Waals surface area contributed by atoms with Gasteiger partial charge in [-0.3, -0.25) is 4.79 Å². The fourth-order valence-corrected chi connectivity index (χ4v) is 4.10. The maximum atomic E-state index is 12.4. The zero-order valence-electron chi connectivity index (χ0n) is 18.4. The molecule has 0 saturated heterocycles. The first-order valence-corrected chi connectivity index (χ1v) is 11.0. The summed E-state index contributed by atoms with van der Waals surface area (Å²) in [5, 5.41) is 13.8. The SMILES string of the molecule is O=C(CC[C@H](NC(=O)OCC1c2ccccc2-c2ccccc21)C(=O)[O-])OCc1ccccc1. The molecular formula is C27H24NO6-. The van der Waals surface area contributed by atoms with Crippen LogP contribution < -0.4 is 10.4 Å². The van der Waals surface area contributed by atoms with Crippen molar-refractivity contribution >= 4 is 18.0 Å². The lowest BCUT2D eigenvalue weighted by Crippen LogP contribution is -2.48. The van der Waals surface area contributed by atoms with Crippen LogP contribution in [0.4, 0.5) is 4.79 Å². The van der Waals surface area contributed by atoms with Crippen LogP contribution in [0, 0.1) is 0 Å². The van der Waals surface area contributed by atoms with Gasteiger partial charge in [0.1, 0.15) is 13.2 Å². The van der Waals surface area contributed by atoms with E-state index in [-0.39, 0.29) is 32.0 Å². The second-order valence-electron chi connectivity index (χ2n) is 8.03. The molecule has 1 atom stereocenters. The second-order valence-corrected chi connectivity index (χ2v) is 8.03. The molecule has 0 fully saturated rings. The number of ether oxygens (including phenoxy) is 2. The minimum Gasteiger partial charge on any atom is -0.548 e. The highest BCUT2D eigenvalue weighted by atomic mass is 16.5. The summed E-state index contributed by atoms with van der Waals surface area (Å²) >= 11 is 0. The summed E-state index contributed by atoms with van der Waals surface area (Å²) in [5.41, 5.74) is 5.11. The maximum Gasteiger partial charge on any atom is 0.407 e. The summed E-state index contributed by atoms with van der Waals surface area (Å²) in [7, 11) is 0. The Labute approximate surface area is 197 Å². The third-order valence-corrected chi connectivity index (χ3v) is 5.80. The van der Waals surface area contributed by atoms with Crippen molar-refractivity contribution < 1.29 is 29.0 Å². The summed E-state index contributed by atoms with van der Waals surface area (Å²) in [4.78, 5) is 35.8. The summed E-state index contributed by atoms with van der Waals surface area (Å²) in [6.07, 6.45) is -1.23. The highest BCUT2D eigenvalue weighted by Crippen LogP contribution is 2.44. The van der Waals surface area contributed by atoms with Gasteiger partial charge in [0.15, 0.2) is 0 Å². The van der Waals surface area contributed by atoms with Gasteiger partial charge in [-0.25, -0.2) is 4.79 Å². The van der Waals surface area contributed by atoms with Crippen molar-refractivity contribution in [3.8, 4) is 11.1 Å². The molecule has 0 heterocycles. The Morgan fingerprint density at radius 1 is 0.824 bits per heavy atom. The number of carboxylic acids is 1. The van der Waals surface area contributed by atoms with Gasteiger partial charge in [-0.1, -0.05) is 78.9 Å². The Kier molecular flexibility index (Phi) is 7.22. The average molecular weight is 458 g/mol. The summed E-state index contributed by atoms with van der Waals surface area (Å²) < 4.78 is 10.5. The molecule has 0 bridgehead atoms. The molecule has 34 heavy (non-hydrogen) atoms. The van der Waals surface area contributed by atoms with E-state index in [4.69, 9.17) is 9.47 Å². The van der Waals surface area contributed by atoms with Crippen molar-refractivity contribution in [3.63, 3.8) is 0 Å². The number of amides is 1. The number of benzene rings is 3. The quantitative estimate of drug-likeness (QED) is 0.494.